The number of carbonyl (C=O) groups excluding carboxylic acids is 1. The van der Waals surface area contributed by atoms with Crippen LogP contribution in [0.15, 0.2) is 11.6 Å². The Morgan fingerprint density at radius 2 is 1.87 bits per heavy atom. The van der Waals surface area contributed by atoms with Gasteiger partial charge in [0, 0.05) is 18.3 Å². The van der Waals surface area contributed by atoms with Gasteiger partial charge in [0.2, 0.25) is 0 Å². The first-order chi connectivity index (χ1) is 14.7. The highest BCUT2D eigenvalue weighted by Gasteiger charge is 2.69. The smallest absolute Gasteiger partial charge is 0.171 e. The van der Waals surface area contributed by atoms with Gasteiger partial charge in [-0.05, 0) is 85.5 Å². The summed E-state index contributed by atoms with van der Waals surface area (Å²) < 4.78 is 13.2. The van der Waals surface area contributed by atoms with Crippen molar-refractivity contribution in [3.63, 3.8) is 0 Å². The molecule has 4 aliphatic carbocycles. The van der Waals surface area contributed by atoms with Crippen molar-refractivity contribution in [2.24, 2.45) is 46.3 Å². The summed E-state index contributed by atoms with van der Waals surface area (Å²) in [6, 6.07) is 0. The molecule has 5 fully saturated rings. The van der Waals surface area contributed by atoms with E-state index in [-0.39, 0.29) is 34.7 Å². The molecule has 0 radical (unpaired) electrons. The summed E-state index contributed by atoms with van der Waals surface area (Å²) in [6.45, 7) is 10.3. The zero-order valence-electron chi connectivity index (χ0n) is 19.7. The molecule has 2 heterocycles. The average Bonchev–Trinajstić information content (AvgIpc) is 3.16. The quantitative estimate of drug-likeness (QED) is 0.597. The van der Waals surface area contributed by atoms with E-state index < -0.39 is 0 Å². The van der Waals surface area contributed by atoms with E-state index in [4.69, 9.17) is 9.47 Å². The first-order valence-corrected chi connectivity index (χ1v) is 12.9. The predicted molar refractivity (Wildman–Crippen MR) is 118 cm³/mol. The SMILES string of the molecule is CC1CCC2(OC1)O[C@H]1CC3C4C(=O)C=C5C[C@@H](O)CC[C@]5(C)C4CC[C@]3(C)C1C2C. The molecule has 0 aromatic heterocycles. The average molecular weight is 429 g/mol. The minimum absolute atomic E-state index is 0.0904. The second kappa shape index (κ2) is 6.67. The third-order valence-corrected chi connectivity index (χ3v) is 11.2. The molecular formula is C27H40O4. The van der Waals surface area contributed by atoms with Gasteiger partial charge in [-0.2, -0.15) is 0 Å². The second-order valence-electron chi connectivity index (χ2n) is 12.6. The predicted octanol–water partition coefficient (Wildman–Crippen LogP) is 4.89. The molecule has 4 heteroatoms. The van der Waals surface area contributed by atoms with Crippen LogP contribution in [0.1, 0.15) is 79.1 Å². The van der Waals surface area contributed by atoms with Gasteiger partial charge in [0.05, 0.1) is 18.8 Å². The van der Waals surface area contributed by atoms with Crippen LogP contribution in [0.2, 0.25) is 0 Å². The van der Waals surface area contributed by atoms with Crippen molar-refractivity contribution in [2.75, 3.05) is 6.61 Å². The highest BCUT2D eigenvalue weighted by atomic mass is 16.7. The van der Waals surface area contributed by atoms with Crippen molar-refractivity contribution >= 4 is 5.78 Å². The van der Waals surface area contributed by atoms with Crippen LogP contribution < -0.4 is 0 Å². The molecule has 0 bridgehead atoms. The van der Waals surface area contributed by atoms with Gasteiger partial charge in [0.25, 0.3) is 0 Å². The van der Waals surface area contributed by atoms with Gasteiger partial charge in [0.1, 0.15) is 0 Å². The number of ether oxygens (including phenoxy) is 2. The topological polar surface area (TPSA) is 55.8 Å². The zero-order chi connectivity index (χ0) is 21.8. The Hall–Kier alpha value is -0.710. The van der Waals surface area contributed by atoms with E-state index in [1.54, 1.807) is 0 Å². The monoisotopic (exact) mass is 428 g/mol. The normalized spacial score (nSPS) is 58.4. The minimum Gasteiger partial charge on any atom is -0.393 e. The van der Waals surface area contributed by atoms with Crippen LogP contribution >= 0.6 is 0 Å². The van der Waals surface area contributed by atoms with Crippen molar-refractivity contribution in [2.45, 2.75) is 97.1 Å². The van der Waals surface area contributed by atoms with E-state index in [1.807, 2.05) is 6.08 Å². The number of aliphatic hydroxyl groups is 1. The third-order valence-electron chi connectivity index (χ3n) is 11.2. The molecule has 3 saturated carbocycles. The number of rotatable bonds is 0. The molecule has 0 amide bonds. The largest absolute Gasteiger partial charge is 0.393 e. The van der Waals surface area contributed by atoms with E-state index in [0.29, 0.717) is 41.8 Å². The molecule has 172 valence electrons. The molecule has 11 atom stereocenters. The highest BCUT2D eigenvalue weighted by molar-refractivity contribution is 5.94. The number of fused-ring (bicyclic) bond motifs is 7. The number of hydrogen-bond donors (Lipinski definition) is 1. The molecule has 0 aromatic carbocycles. The Morgan fingerprint density at radius 3 is 2.61 bits per heavy atom. The lowest BCUT2D eigenvalue weighted by molar-refractivity contribution is -0.272. The molecule has 4 nitrogen and oxygen atoms in total. The van der Waals surface area contributed by atoms with Crippen molar-refractivity contribution < 1.29 is 19.4 Å². The molecule has 2 aliphatic heterocycles. The van der Waals surface area contributed by atoms with Crippen molar-refractivity contribution in [3.05, 3.63) is 11.6 Å². The van der Waals surface area contributed by atoms with Crippen molar-refractivity contribution in [1.29, 1.82) is 0 Å². The summed E-state index contributed by atoms with van der Waals surface area (Å²) in [7, 11) is 0. The first-order valence-electron chi connectivity index (χ1n) is 12.9. The number of allylic oxidation sites excluding steroid dienone is 1. The first kappa shape index (κ1) is 20.9. The number of ketones is 1. The highest BCUT2D eigenvalue weighted by Crippen LogP contribution is 2.70. The molecule has 2 saturated heterocycles. The molecule has 6 aliphatic rings. The Bertz CT molecular complexity index is 810. The summed E-state index contributed by atoms with van der Waals surface area (Å²) >= 11 is 0. The summed E-state index contributed by atoms with van der Waals surface area (Å²) in [4.78, 5) is 13.5. The van der Waals surface area contributed by atoms with E-state index in [0.717, 1.165) is 38.7 Å². The number of aliphatic hydroxyl groups excluding tert-OH is 1. The van der Waals surface area contributed by atoms with Crippen LogP contribution in [-0.2, 0) is 14.3 Å². The Morgan fingerprint density at radius 1 is 1.06 bits per heavy atom. The van der Waals surface area contributed by atoms with Crippen LogP contribution in [0, 0.1) is 46.3 Å². The maximum absolute atomic E-state index is 13.5. The lowest BCUT2D eigenvalue weighted by Gasteiger charge is -2.57. The van der Waals surface area contributed by atoms with Gasteiger partial charge in [-0.15, -0.1) is 0 Å². The van der Waals surface area contributed by atoms with Crippen LogP contribution in [0.4, 0.5) is 0 Å². The summed E-state index contributed by atoms with van der Waals surface area (Å²) in [5, 5.41) is 10.2. The van der Waals surface area contributed by atoms with E-state index in [9.17, 15) is 9.90 Å². The Kier molecular flexibility index (Phi) is 4.49. The minimum atomic E-state index is -0.387. The summed E-state index contributed by atoms with van der Waals surface area (Å²) in [5.74, 6) is 2.43. The molecule has 7 unspecified atom stereocenters. The van der Waals surface area contributed by atoms with E-state index in [2.05, 4.69) is 27.7 Å². The van der Waals surface area contributed by atoms with Crippen molar-refractivity contribution in [3.8, 4) is 0 Å². The maximum atomic E-state index is 13.5. The van der Waals surface area contributed by atoms with Gasteiger partial charge in [0.15, 0.2) is 11.6 Å². The fourth-order valence-electron chi connectivity index (χ4n) is 9.41. The maximum Gasteiger partial charge on any atom is 0.171 e. The Labute approximate surface area is 187 Å². The fraction of sp³-hybridized carbons (Fsp3) is 0.889. The van der Waals surface area contributed by atoms with Crippen LogP contribution in [0.3, 0.4) is 0 Å². The Balaban J connectivity index is 1.32. The summed E-state index contributed by atoms with van der Waals surface area (Å²) in [5.41, 5.74) is 1.48. The lowest BCUT2D eigenvalue weighted by Crippen LogP contribution is -2.54. The number of carbonyl (C=O) groups is 1. The molecular weight excluding hydrogens is 388 g/mol. The zero-order valence-corrected chi connectivity index (χ0v) is 19.7. The molecule has 1 N–H and O–H groups in total. The van der Waals surface area contributed by atoms with Gasteiger partial charge in [-0.1, -0.05) is 33.3 Å². The molecule has 6 rings (SSSR count). The van der Waals surface area contributed by atoms with E-state index in [1.165, 1.54) is 18.4 Å². The van der Waals surface area contributed by atoms with Gasteiger partial charge in [-0.3, -0.25) is 4.79 Å². The lowest BCUT2D eigenvalue weighted by atomic mass is 9.46. The van der Waals surface area contributed by atoms with Crippen LogP contribution in [0.5, 0.6) is 0 Å². The molecule has 1 spiro atoms. The third kappa shape index (κ3) is 2.68. The van der Waals surface area contributed by atoms with Gasteiger partial charge < -0.3 is 14.6 Å². The molecule has 31 heavy (non-hydrogen) atoms. The van der Waals surface area contributed by atoms with Gasteiger partial charge >= 0.3 is 0 Å². The fourth-order valence-corrected chi connectivity index (χ4v) is 9.41. The number of hydrogen-bond acceptors (Lipinski definition) is 4. The van der Waals surface area contributed by atoms with Crippen molar-refractivity contribution in [1.82, 2.24) is 0 Å². The van der Waals surface area contributed by atoms with Crippen LogP contribution in [-0.4, -0.2) is 35.5 Å². The second-order valence-corrected chi connectivity index (χ2v) is 12.6. The summed E-state index contributed by atoms with van der Waals surface area (Å²) in [6.07, 6.45) is 10.0. The van der Waals surface area contributed by atoms with Gasteiger partial charge in [-0.25, -0.2) is 0 Å². The standard InChI is InChI=1S/C27H40O4/c1-15-5-10-27(30-14-15)16(2)24-22(31-27)13-20-23-19(7-9-26(20,24)4)25(3)8-6-18(28)11-17(25)12-21(23)29/h12,15-16,18-20,22-24,28H,5-11,13-14H2,1-4H3/t15?,16?,18-,19?,20?,22-,23?,24?,25-,26-,27?/m0/s1. The van der Waals surface area contributed by atoms with Crippen LogP contribution in [0.25, 0.3) is 0 Å². The molecule has 0 aromatic rings. The van der Waals surface area contributed by atoms with E-state index >= 15 is 0 Å².